The summed E-state index contributed by atoms with van der Waals surface area (Å²) in [5, 5.41) is 2.92. The maximum atomic E-state index is 11.5. The number of benzene rings is 1. The molecule has 98 valence electrons. The van der Waals surface area contributed by atoms with Crippen LogP contribution in [0.5, 0.6) is 0 Å². The van der Waals surface area contributed by atoms with Crippen LogP contribution < -0.4 is 5.32 Å². The van der Waals surface area contributed by atoms with Crippen LogP contribution in [-0.2, 0) is 11.2 Å². The minimum atomic E-state index is -0.255. The van der Waals surface area contributed by atoms with Crippen molar-refractivity contribution in [3.63, 3.8) is 0 Å². The lowest BCUT2D eigenvalue weighted by molar-refractivity contribution is 0.141. The number of carbonyl (C=O) groups is 1. The topological polar surface area (TPSA) is 38.3 Å². The van der Waals surface area contributed by atoms with Crippen molar-refractivity contribution in [1.29, 1.82) is 0 Å². The van der Waals surface area contributed by atoms with Gasteiger partial charge < -0.3 is 10.1 Å². The summed E-state index contributed by atoms with van der Waals surface area (Å²) in [5.74, 6) is 0. The molecule has 0 aromatic heterocycles. The van der Waals surface area contributed by atoms with Crippen LogP contribution in [0.2, 0.25) is 0 Å². The standard InChI is InChI=1S/C15H21NO2/c17-15(16-14-10-4-5-11-14)18-12-6-9-13-7-2-1-3-8-13/h1-3,7-8,14H,4-6,9-12H2,(H,16,17). The monoisotopic (exact) mass is 247 g/mol. The van der Waals surface area contributed by atoms with Gasteiger partial charge in [0.05, 0.1) is 6.61 Å². The van der Waals surface area contributed by atoms with Gasteiger partial charge in [-0.3, -0.25) is 0 Å². The first-order valence-electron chi connectivity index (χ1n) is 6.82. The van der Waals surface area contributed by atoms with Gasteiger partial charge in [0.15, 0.2) is 0 Å². The summed E-state index contributed by atoms with van der Waals surface area (Å²) >= 11 is 0. The zero-order valence-corrected chi connectivity index (χ0v) is 10.7. The third kappa shape index (κ3) is 4.40. The Morgan fingerprint density at radius 2 is 1.94 bits per heavy atom. The molecule has 3 heteroatoms. The molecule has 0 unspecified atom stereocenters. The van der Waals surface area contributed by atoms with Crippen LogP contribution in [0.25, 0.3) is 0 Å². The fourth-order valence-electron chi connectivity index (χ4n) is 2.36. The molecule has 0 heterocycles. The van der Waals surface area contributed by atoms with E-state index in [1.54, 1.807) is 0 Å². The van der Waals surface area contributed by atoms with Crippen molar-refractivity contribution in [3.05, 3.63) is 35.9 Å². The van der Waals surface area contributed by atoms with Crippen LogP contribution in [0.1, 0.15) is 37.7 Å². The van der Waals surface area contributed by atoms with E-state index in [1.165, 1.54) is 18.4 Å². The van der Waals surface area contributed by atoms with Gasteiger partial charge in [-0.05, 0) is 31.2 Å². The number of rotatable bonds is 5. The lowest BCUT2D eigenvalue weighted by Gasteiger charge is -2.12. The van der Waals surface area contributed by atoms with Crippen molar-refractivity contribution in [2.75, 3.05) is 6.61 Å². The molecule has 0 spiro atoms. The molecule has 0 saturated heterocycles. The molecule has 1 aliphatic rings. The van der Waals surface area contributed by atoms with Crippen LogP contribution in [0.3, 0.4) is 0 Å². The van der Waals surface area contributed by atoms with E-state index in [2.05, 4.69) is 17.4 Å². The quantitative estimate of drug-likeness (QED) is 0.811. The average Bonchev–Trinajstić information content (AvgIpc) is 2.89. The first-order chi connectivity index (χ1) is 8.84. The van der Waals surface area contributed by atoms with Crippen LogP contribution in [0, 0.1) is 0 Å². The summed E-state index contributed by atoms with van der Waals surface area (Å²) in [7, 11) is 0. The molecule has 1 fully saturated rings. The van der Waals surface area contributed by atoms with Crippen molar-refractivity contribution in [2.24, 2.45) is 0 Å². The molecule has 1 aliphatic carbocycles. The van der Waals surface area contributed by atoms with E-state index >= 15 is 0 Å². The van der Waals surface area contributed by atoms with Gasteiger partial charge in [0.2, 0.25) is 0 Å². The molecule has 3 nitrogen and oxygen atoms in total. The average molecular weight is 247 g/mol. The number of ether oxygens (including phenoxy) is 1. The Morgan fingerprint density at radius 3 is 2.67 bits per heavy atom. The molecule has 2 rings (SSSR count). The molecule has 1 saturated carbocycles. The zero-order chi connectivity index (χ0) is 12.6. The fourth-order valence-corrected chi connectivity index (χ4v) is 2.36. The second-order valence-electron chi connectivity index (χ2n) is 4.85. The number of carbonyl (C=O) groups excluding carboxylic acids is 1. The summed E-state index contributed by atoms with van der Waals surface area (Å²) in [4.78, 5) is 11.5. The molecule has 1 N–H and O–H groups in total. The highest BCUT2D eigenvalue weighted by molar-refractivity contribution is 5.67. The van der Waals surface area contributed by atoms with Crippen molar-refractivity contribution >= 4 is 6.09 Å². The molecule has 0 aliphatic heterocycles. The summed E-state index contributed by atoms with van der Waals surface area (Å²) in [6.45, 7) is 0.493. The number of amides is 1. The van der Waals surface area contributed by atoms with Crippen LogP contribution in [0.4, 0.5) is 4.79 Å². The number of alkyl carbamates (subject to hydrolysis) is 1. The van der Waals surface area contributed by atoms with E-state index in [0.29, 0.717) is 12.6 Å². The third-order valence-corrected chi connectivity index (χ3v) is 3.36. The Morgan fingerprint density at radius 1 is 1.22 bits per heavy atom. The highest BCUT2D eigenvalue weighted by Gasteiger charge is 2.17. The molecule has 1 aromatic rings. The van der Waals surface area contributed by atoms with Gasteiger partial charge in [0, 0.05) is 6.04 Å². The van der Waals surface area contributed by atoms with Crippen molar-refractivity contribution < 1.29 is 9.53 Å². The van der Waals surface area contributed by atoms with Gasteiger partial charge in [0.1, 0.15) is 0 Å². The second kappa shape index (κ2) is 7.04. The van der Waals surface area contributed by atoms with Crippen LogP contribution in [-0.4, -0.2) is 18.7 Å². The maximum Gasteiger partial charge on any atom is 0.407 e. The molecular weight excluding hydrogens is 226 g/mol. The van der Waals surface area contributed by atoms with Gasteiger partial charge >= 0.3 is 6.09 Å². The van der Waals surface area contributed by atoms with E-state index in [9.17, 15) is 4.79 Å². The largest absolute Gasteiger partial charge is 0.450 e. The lowest BCUT2D eigenvalue weighted by atomic mass is 10.1. The number of hydrogen-bond donors (Lipinski definition) is 1. The highest BCUT2D eigenvalue weighted by atomic mass is 16.5. The minimum absolute atomic E-state index is 0.255. The number of nitrogens with one attached hydrogen (secondary N) is 1. The predicted molar refractivity (Wildman–Crippen MR) is 71.5 cm³/mol. The molecule has 0 radical (unpaired) electrons. The van der Waals surface area contributed by atoms with Gasteiger partial charge in [-0.1, -0.05) is 43.2 Å². The van der Waals surface area contributed by atoms with E-state index in [0.717, 1.165) is 25.7 Å². The Balaban J connectivity index is 1.56. The third-order valence-electron chi connectivity index (χ3n) is 3.36. The molecule has 0 atom stereocenters. The summed E-state index contributed by atoms with van der Waals surface area (Å²) in [6.07, 6.45) is 6.21. The lowest BCUT2D eigenvalue weighted by Crippen LogP contribution is -2.33. The molecular formula is C15H21NO2. The molecule has 18 heavy (non-hydrogen) atoms. The van der Waals surface area contributed by atoms with Gasteiger partial charge in [-0.25, -0.2) is 4.79 Å². The minimum Gasteiger partial charge on any atom is -0.450 e. The van der Waals surface area contributed by atoms with E-state index < -0.39 is 0 Å². The Hall–Kier alpha value is -1.51. The first kappa shape index (κ1) is 12.9. The van der Waals surface area contributed by atoms with E-state index in [1.807, 2.05) is 18.2 Å². The van der Waals surface area contributed by atoms with Gasteiger partial charge in [-0.15, -0.1) is 0 Å². The summed E-state index contributed by atoms with van der Waals surface area (Å²) in [5.41, 5.74) is 1.29. The van der Waals surface area contributed by atoms with Crippen molar-refractivity contribution in [1.82, 2.24) is 5.32 Å². The fraction of sp³-hybridized carbons (Fsp3) is 0.533. The smallest absolute Gasteiger partial charge is 0.407 e. The Bertz CT molecular complexity index is 358. The van der Waals surface area contributed by atoms with Crippen molar-refractivity contribution in [3.8, 4) is 0 Å². The maximum absolute atomic E-state index is 11.5. The molecule has 1 aromatic carbocycles. The summed E-state index contributed by atoms with van der Waals surface area (Å²) < 4.78 is 5.18. The van der Waals surface area contributed by atoms with Gasteiger partial charge in [0.25, 0.3) is 0 Å². The van der Waals surface area contributed by atoms with Crippen LogP contribution in [0.15, 0.2) is 30.3 Å². The molecule has 1 amide bonds. The SMILES string of the molecule is O=C(NC1CCCC1)OCCCc1ccccc1. The van der Waals surface area contributed by atoms with E-state index in [-0.39, 0.29) is 6.09 Å². The zero-order valence-electron chi connectivity index (χ0n) is 10.7. The Labute approximate surface area is 109 Å². The van der Waals surface area contributed by atoms with Gasteiger partial charge in [-0.2, -0.15) is 0 Å². The number of aryl methyl sites for hydroxylation is 1. The van der Waals surface area contributed by atoms with Crippen LogP contribution >= 0.6 is 0 Å². The Kier molecular flexibility index (Phi) is 5.06. The summed E-state index contributed by atoms with van der Waals surface area (Å²) in [6, 6.07) is 10.6. The first-order valence-corrected chi connectivity index (χ1v) is 6.82. The number of hydrogen-bond acceptors (Lipinski definition) is 2. The molecule has 0 bridgehead atoms. The highest BCUT2D eigenvalue weighted by Crippen LogP contribution is 2.17. The normalized spacial score (nSPS) is 15.6. The second-order valence-corrected chi connectivity index (χ2v) is 4.85. The van der Waals surface area contributed by atoms with E-state index in [4.69, 9.17) is 4.74 Å². The predicted octanol–water partition coefficient (Wildman–Crippen LogP) is 3.29. The van der Waals surface area contributed by atoms with Crippen molar-refractivity contribution in [2.45, 2.75) is 44.6 Å².